The molecule has 1 aromatic carbocycles. The zero-order chi connectivity index (χ0) is 16.2. The van der Waals surface area contributed by atoms with Gasteiger partial charge >= 0.3 is 0 Å². The van der Waals surface area contributed by atoms with Crippen molar-refractivity contribution >= 4 is 11.6 Å². The summed E-state index contributed by atoms with van der Waals surface area (Å²) in [4.78, 5) is 34.7. The van der Waals surface area contributed by atoms with E-state index in [-0.39, 0.29) is 6.54 Å². The van der Waals surface area contributed by atoms with Crippen LogP contribution in [0.5, 0.6) is 0 Å². The second-order valence-electron chi connectivity index (χ2n) is 4.59. The summed E-state index contributed by atoms with van der Waals surface area (Å²) >= 11 is 0. The first-order valence-corrected chi connectivity index (χ1v) is 6.55. The van der Waals surface area contributed by atoms with Gasteiger partial charge in [-0.15, -0.1) is 5.10 Å². The maximum atomic E-state index is 12.0. The Labute approximate surface area is 128 Å². The topological polar surface area (TPSA) is 128 Å². The van der Waals surface area contributed by atoms with Gasteiger partial charge in [-0.1, -0.05) is 6.07 Å². The number of hydrogen-bond donors (Lipinski definition) is 2. The predicted molar refractivity (Wildman–Crippen MR) is 79.1 cm³/mol. The Morgan fingerprint density at radius 1 is 1.22 bits per heavy atom. The van der Waals surface area contributed by atoms with Gasteiger partial charge in [0.15, 0.2) is 0 Å². The predicted octanol–water partition coefficient (Wildman–Crippen LogP) is -0.849. The average molecular weight is 313 g/mol. The molecule has 0 aliphatic heterocycles. The minimum absolute atomic E-state index is 0.302. The molecule has 0 saturated heterocycles. The van der Waals surface area contributed by atoms with Gasteiger partial charge in [-0.05, 0) is 28.6 Å². The molecule has 0 fully saturated rings. The van der Waals surface area contributed by atoms with Gasteiger partial charge in [-0.2, -0.15) is 0 Å². The maximum Gasteiger partial charge on any atom is 0.265 e. The highest BCUT2D eigenvalue weighted by Gasteiger charge is 2.07. The molecule has 0 saturated carbocycles. The lowest BCUT2D eigenvalue weighted by Gasteiger charge is -2.08. The van der Waals surface area contributed by atoms with Gasteiger partial charge in [-0.25, -0.2) is 9.36 Å². The van der Waals surface area contributed by atoms with E-state index in [1.807, 2.05) is 0 Å². The van der Waals surface area contributed by atoms with Gasteiger partial charge in [0.05, 0.1) is 5.69 Å². The summed E-state index contributed by atoms with van der Waals surface area (Å²) in [7, 11) is 0. The normalized spacial score (nSPS) is 10.4. The highest BCUT2D eigenvalue weighted by atomic mass is 16.2. The van der Waals surface area contributed by atoms with Crippen LogP contribution in [-0.4, -0.2) is 35.9 Å². The molecule has 0 bridgehead atoms. The molecule has 0 spiro atoms. The molecular formula is C13H11N7O3. The highest BCUT2D eigenvalue weighted by molar-refractivity contribution is 5.90. The number of tetrazole rings is 1. The molecular weight excluding hydrogens is 302 g/mol. The summed E-state index contributed by atoms with van der Waals surface area (Å²) in [6.45, 7) is -0.302. The van der Waals surface area contributed by atoms with Gasteiger partial charge in [0.25, 0.3) is 11.1 Å². The fraction of sp³-hybridized carbons (Fsp3) is 0.0769. The fourth-order valence-corrected chi connectivity index (χ4v) is 1.93. The van der Waals surface area contributed by atoms with E-state index in [0.29, 0.717) is 11.4 Å². The van der Waals surface area contributed by atoms with Crippen molar-refractivity contribution in [3.63, 3.8) is 0 Å². The number of benzene rings is 1. The van der Waals surface area contributed by atoms with Crippen LogP contribution in [0.2, 0.25) is 0 Å². The molecule has 0 atom stereocenters. The van der Waals surface area contributed by atoms with Crippen molar-refractivity contribution in [3.8, 4) is 5.69 Å². The standard InChI is InChI=1S/C13H11N7O3/c21-11-4-5-13(23)19(16-11)7-12(22)15-9-2-1-3-10(6-9)20-8-14-17-18-20/h1-6,8H,7H2,(H,15,22)(H,16,21). The molecule has 1 amide bonds. The molecule has 116 valence electrons. The zero-order valence-electron chi connectivity index (χ0n) is 11.7. The summed E-state index contributed by atoms with van der Waals surface area (Å²) in [6, 6.07) is 9.05. The van der Waals surface area contributed by atoms with Crippen LogP contribution in [0.25, 0.3) is 5.69 Å². The molecule has 0 radical (unpaired) electrons. The molecule has 10 heteroatoms. The molecule has 0 aliphatic rings. The minimum Gasteiger partial charge on any atom is -0.324 e. The summed E-state index contributed by atoms with van der Waals surface area (Å²) in [5.74, 6) is -0.456. The molecule has 3 rings (SSSR count). The van der Waals surface area contributed by atoms with E-state index >= 15 is 0 Å². The van der Waals surface area contributed by atoms with E-state index in [1.54, 1.807) is 24.3 Å². The number of amides is 1. The molecule has 23 heavy (non-hydrogen) atoms. The number of H-pyrrole nitrogens is 1. The first-order chi connectivity index (χ1) is 11.1. The number of carbonyl (C=O) groups is 1. The molecule has 2 aromatic heterocycles. The van der Waals surface area contributed by atoms with Crippen molar-refractivity contribution < 1.29 is 4.79 Å². The van der Waals surface area contributed by atoms with Crippen LogP contribution in [0.1, 0.15) is 0 Å². The Kier molecular flexibility index (Phi) is 3.78. The molecule has 2 heterocycles. The quantitative estimate of drug-likeness (QED) is 0.646. The lowest BCUT2D eigenvalue weighted by atomic mass is 10.3. The molecule has 10 nitrogen and oxygen atoms in total. The van der Waals surface area contributed by atoms with Gasteiger partial charge in [-0.3, -0.25) is 19.5 Å². The number of rotatable bonds is 4. The van der Waals surface area contributed by atoms with Crippen molar-refractivity contribution in [3.05, 3.63) is 63.4 Å². The SMILES string of the molecule is O=C(Cn1[nH]c(=O)ccc1=O)Nc1cccc(-n2cnnn2)c1. The van der Waals surface area contributed by atoms with E-state index < -0.39 is 17.0 Å². The molecule has 0 unspecified atom stereocenters. The van der Waals surface area contributed by atoms with Crippen LogP contribution in [0.4, 0.5) is 5.69 Å². The lowest BCUT2D eigenvalue weighted by Crippen LogP contribution is -2.32. The van der Waals surface area contributed by atoms with Crippen LogP contribution in [0.3, 0.4) is 0 Å². The summed E-state index contributed by atoms with van der Waals surface area (Å²) in [6.07, 6.45) is 1.43. The molecule has 3 aromatic rings. The van der Waals surface area contributed by atoms with Crippen molar-refractivity contribution in [2.24, 2.45) is 0 Å². The largest absolute Gasteiger partial charge is 0.324 e. The minimum atomic E-state index is -0.470. The number of nitrogens with one attached hydrogen (secondary N) is 2. The number of carbonyl (C=O) groups excluding carboxylic acids is 1. The first-order valence-electron chi connectivity index (χ1n) is 6.55. The number of nitrogens with zero attached hydrogens (tertiary/aromatic N) is 5. The van der Waals surface area contributed by atoms with Gasteiger partial charge < -0.3 is 5.32 Å². The third kappa shape index (κ3) is 3.37. The van der Waals surface area contributed by atoms with E-state index in [9.17, 15) is 14.4 Å². The lowest BCUT2D eigenvalue weighted by molar-refractivity contribution is -0.117. The van der Waals surface area contributed by atoms with Crippen molar-refractivity contribution in [2.45, 2.75) is 6.54 Å². The van der Waals surface area contributed by atoms with Gasteiger partial charge in [0, 0.05) is 17.8 Å². The van der Waals surface area contributed by atoms with Crippen molar-refractivity contribution in [2.75, 3.05) is 5.32 Å². The van der Waals surface area contributed by atoms with Crippen LogP contribution in [-0.2, 0) is 11.3 Å². The average Bonchev–Trinajstić information content (AvgIpc) is 3.05. The Balaban J connectivity index is 1.76. The Hall–Kier alpha value is -3.56. The second kappa shape index (κ2) is 6.05. The van der Waals surface area contributed by atoms with Gasteiger partial charge in [0.1, 0.15) is 12.9 Å². The first kappa shape index (κ1) is 14.4. The summed E-state index contributed by atoms with van der Waals surface area (Å²) < 4.78 is 2.37. The second-order valence-corrected chi connectivity index (χ2v) is 4.59. The van der Waals surface area contributed by atoms with Crippen LogP contribution >= 0.6 is 0 Å². The number of aromatic amines is 1. The van der Waals surface area contributed by atoms with Crippen molar-refractivity contribution in [1.82, 2.24) is 30.0 Å². The number of aromatic nitrogens is 6. The monoisotopic (exact) mass is 313 g/mol. The third-order valence-corrected chi connectivity index (χ3v) is 2.93. The Bertz CT molecular complexity index is 942. The van der Waals surface area contributed by atoms with Crippen LogP contribution < -0.4 is 16.4 Å². The van der Waals surface area contributed by atoms with Crippen molar-refractivity contribution in [1.29, 1.82) is 0 Å². The molecule has 0 aliphatic carbocycles. The third-order valence-electron chi connectivity index (χ3n) is 2.93. The maximum absolute atomic E-state index is 12.0. The van der Waals surface area contributed by atoms with Crippen LogP contribution in [0, 0.1) is 0 Å². The summed E-state index contributed by atoms with van der Waals surface area (Å²) in [5, 5.41) is 15.7. The Morgan fingerprint density at radius 2 is 2.09 bits per heavy atom. The number of hydrogen-bond acceptors (Lipinski definition) is 6. The van der Waals surface area contributed by atoms with E-state index in [0.717, 1.165) is 16.8 Å². The Morgan fingerprint density at radius 3 is 2.87 bits per heavy atom. The number of anilines is 1. The van der Waals surface area contributed by atoms with E-state index in [2.05, 4.69) is 25.9 Å². The van der Waals surface area contributed by atoms with E-state index in [1.165, 1.54) is 11.0 Å². The van der Waals surface area contributed by atoms with Crippen LogP contribution in [0.15, 0.2) is 52.3 Å². The highest BCUT2D eigenvalue weighted by Crippen LogP contribution is 2.13. The van der Waals surface area contributed by atoms with E-state index in [4.69, 9.17) is 0 Å². The smallest absolute Gasteiger partial charge is 0.265 e. The fourth-order valence-electron chi connectivity index (χ4n) is 1.93. The van der Waals surface area contributed by atoms with Gasteiger partial charge in [0.2, 0.25) is 5.91 Å². The summed E-state index contributed by atoms with van der Waals surface area (Å²) in [5.41, 5.74) is 0.243. The molecule has 2 N–H and O–H groups in total. The zero-order valence-corrected chi connectivity index (χ0v) is 11.7.